The Labute approximate surface area is 66.0 Å². The third-order valence-corrected chi connectivity index (χ3v) is 2.00. The molecule has 0 aliphatic rings. The number of benzene rings is 1. The Balaban J connectivity index is 2.98. The Morgan fingerprint density at radius 3 is 2.90 bits per heavy atom. The monoisotopic (exact) mass is 149 g/mol. The highest BCUT2D eigenvalue weighted by Crippen LogP contribution is 2.15. The minimum absolute atomic E-state index is 1.06. The van der Waals surface area contributed by atoms with E-state index in [0.717, 1.165) is 5.56 Å². The second-order valence-corrected chi connectivity index (χ2v) is 2.79. The minimum Gasteiger partial charge on any atom is -0.130 e. The van der Waals surface area contributed by atoms with E-state index in [1.54, 1.807) is 11.8 Å². The van der Waals surface area contributed by atoms with Gasteiger partial charge >= 0.3 is 0 Å². The van der Waals surface area contributed by atoms with Gasteiger partial charge in [-0.2, -0.15) is 0 Å². The summed E-state index contributed by atoms with van der Waals surface area (Å²) in [7, 11) is 0. The Kier molecular flexibility index (Phi) is 2.57. The molecule has 10 heavy (non-hydrogen) atoms. The summed E-state index contributed by atoms with van der Waals surface area (Å²) in [4.78, 5) is 1.26. The predicted octanol–water partition coefficient (Wildman–Crippen LogP) is 2.75. The molecule has 0 atom stereocenters. The summed E-state index contributed by atoms with van der Waals surface area (Å²) in [5.41, 5.74) is 1.06. The lowest BCUT2D eigenvalue weighted by Crippen LogP contribution is -1.73. The smallest absolute Gasteiger partial charge is 0.00752 e. The maximum absolute atomic E-state index is 3.57. The summed E-state index contributed by atoms with van der Waals surface area (Å²) < 4.78 is 0. The van der Waals surface area contributed by atoms with Gasteiger partial charge in [0.15, 0.2) is 0 Å². The van der Waals surface area contributed by atoms with Gasteiger partial charge in [0.1, 0.15) is 0 Å². The van der Waals surface area contributed by atoms with Gasteiger partial charge in [-0.3, -0.25) is 0 Å². The van der Waals surface area contributed by atoms with Crippen molar-refractivity contribution in [1.82, 2.24) is 0 Å². The molecule has 51 valence electrons. The summed E-state index contributed by atoms with van der Waals surface area (Å²) in [6.45, 7) is 3.57. The van der Waals surface area contributed by atoms with Gasteiger partial charge in [0.2, 0.25) is 0 Å². The molecule has 0 bridgehead atoms. The van der Waals surface area contributed by atoms with Gasteiger partial charge in [0.25, 0.3) is 0 Å². The number of hydrogen-bond acceptors (Lipinski definition) is 1. The molecule has 0 fully saturated rings. The van der Waals surface area contributed by atoms with Gasteiger partial charge in [-0.15, -0.1) is 11.8 Å². The van der Waals surface area contributed by atoms with Crippen molar-refractivity contribution >= 4 is 11.8 Å². The molecule has 0 spiro atoms. The molecule has 1 aromatic rings. The summed E-state index contributed by atoms with van der Waals surface area (Å²) in [6.07, 6.45) is 4.90. The zero-order valence-electron chi connectivity index (χ0n) is 5.92. The van der Waals surface area contributed by atoms with Crippen molar-refractivity contribution in [3.63, 3.8) is 0 Å². The molecule has 1 heteroatoms. The van der Waals surface area contributed by atoms with E-state index in [0.29, 0.717) is 0 Å². The van der Waals surface area contributed by atoms with Crippen LogP contribution in [0, 0.1) is 6.08 Å². The fourth-order valence-electron chi connectivity index (χ4n) is 0.733. The van der Waals surface area contributed by atoms with E-state index in [1.165, 1.54) is 4.90 Å². The van der Waals surface area contributed by atoms with Crippen molar-refractivity contribution in [3.8, 4) is 0 Å². The standard InChI is InChI=1S/C9H9S/c1-3-8-5-4-6-9(7-8)10-2/h4-7H,1H2,2H3. The molecule has 1 aromatic carbocycles. The Morgan fingerprint density at radius 1 is 1.50 bits per heavy atom. The highest BCUT2D eigenvalue weighted by atomic mass is 32.2. The summed E-state index contributed by atoms with van der Waals surface area (Å²) in [6, 6.07) is 8.15. The molecule has 0 aliphatic heterocycles. The van der Waals surface area contributed by atoms with Crippen LogP contribution in [0.25, 0.3) is 0 Å². The van der Waals surface area contributed by atoms with Crippen LogP contribution >= 0.6 is 11.8 Å². The molecule has 0 aliphatic carbocycles. The fourth-order valence-corrected chi connectivity index (χ4v) is 1.19. The Bertz CT molecular complexity index is 228. The summed E-state index contributed by atoms with van der Waals surface area (Å²) >= 11 is 1.73. The van der Waals surface area contributed by atoms with E-state index in [2.05, 4.69) is 31.0 Å². The van der Waals surface area contributed by atoms with Crippen LogP contribution in [0.2, 0.25) is 0 Å². The molecule has 0 amide bonds. The topological polar surface area (TPSA) is 0 Å². The normalized spacial score (nSPS) is 9.30. The maximum atomic E-state index is 3.57. The van der Waals surface area contributed by atoms with Gasteiger partial charge in [0.05, 0.1) is 0 Å². The molecule has 0 saturated carbocycles. The van der Waals surface area contributed by atoms with Crippen molar-refractivity contribution in [2.24, 2.45) is 0 Å². The van der Waals surface area contributed by atoms with E-state index < -0.39 is 0 Å². The van der Waals surface area contributed by atoms with E-state index in [9.17, 15) is 0 Å². The van der Waals surface area contributed by atoms with Crippen LogP contribution in [-0.2, 0) is 0 Å². The lowest BCUT2D eigenvalue weighted by atomic mass is 10.2. The summed E-state index contributed by atoms with van der Waals surface area (Å²) in [5, 5.41) is 0. The average molecular weight is 149 g/mol. The van der Waals surface area contributed by atoms with E-state index in [-0.39, 0.29) is 0 Å². The first-order valence-corrected chi connectivity index (χ1v) is 4.26. The zero-order chi connectivity index (χ0) is 7.40. The highest BCUT2D eigenvalue weighted by molar-refractivity contribution is 7.98. The number of hydrogen-bond donors (Lipinski definition) is 0. The molecule has 0 unspecified atom stereocenters. The van der Waals surface area contributed by atoms with E-state index >= 15 is 0 Å². The molecule has 0 N–H and O–H groups in total. The molecular formula is C9H9S. The first-order chi connectivity index (χ1) is 4.86. The Morgan fingerprint density at radius 2 is 2.30 bits per heavy atom. The molecule has 1 rings (SSSR count). The van der Waals surface area contributed by atoms with Gasteiger partial charge in [-0.1, -0.05) is 18.7 Å². The maximum Gasteiger partial charge on any atom is 0.00752 e. The molecule has 0 aromatic heterocycles. The zero-order valence-corrected chi connectivity index (χ0v) is 6.74. The van der Waals surface area contributed by atoms with Crippen LogP contribution in [-0.4, -0.2) is 6.26 Å². The molecule has 1 radical (unpaired) electrons. The van der Waals surface area contributed by atoms with Crippen LogP contribution in [0.3, 0.4) is 0 Å². The van der Waals surface area contributed by atoms with Crippen molar-refractivity contribution in [3.05, 3.63) is 42.5 Å². The van der Waals surface area contributed by atoms with Crippen LogP contribution in [0.4, 0.5) is 0 Å². The fraction of sp³-hybridized carbons (Fsp3) is 0.111. The number of rotatable bonds is 2. The van der Waals surface area contributed by atoms with Gasteiger partial charge in [-0.25, -0.2) is 0 Å². The SMILES string of the molecule is C=[C]c1cccc(SC)c1. The minimum atomic E-state index is 1.06. The molecule has 0 saturated heterocycles. The van der Waals surface area contributed by atoms with E-state index in [1.807, 2.05) is 12.1 Å². The van der Waals surface area contributed by atoms with Crippen LogP contribution in [0.5, 0.6) is 0 Å². The number of thioether (sulfide) groups is 1. The second kappa shape index (κ2) is 3.47. The molecule has 0 heterocycles. The second-order valence-electron chi connectivity index (χ2n) is 1.91. The van der Waals surface area contributed by atoms with Crippen molar-refractivity contribution < 1.29 is 0 Å². The van der Waals surface area contributed by atoms with Crippen LogP contribution < -0.4 is 0 Å². The van der Waals surface area contributed by atoms with Crippen molar-refractivity contribution in [2.75, 3.05) is 6.26 Å². The van der Waals surface area contributed by atoms with Gasteiger partial charge < -0.3 is 0 Å². The van der Waals surface area contributed by atoms with Crippen molar-refractivity contribution in [2.45, 2.75) is 4.90 Å². The highest BCUT2D eigenvalue weighted by Gasteiger charge is 1.88. The molecular weight excluding hydrogens is 140 g/mol. The lowest BCUT2D eigenvalue weighted by molar-refractivity contribution is 1.42. The van der Waals surface area contributed by atoms with E-state index in [4.69, 9.17) is 0 Å². The quantitative estimate of drug-likeness (QED) is 0.583. The van der Waals surface area contributed by atoms with Crippen molar-refractivity contribution in [1.29, 1.82) is 0 Å². The van der Waals surface area contributed by atoms with Gasteiger partial charge in [-0.05, 0) is 30.0 Å². The Hall–Kier alpha value is -0.690. The average Bonchev–Trinajstić information content (AvgIpc) is 2.05. The third kappa shape index (κ3) is 1.64. The van der Waals surface area contributed by atoms with Crippen LogP contribution in [0.1, 0.15) is 5.56 Å². The van der Waals surface area contributed by atoms with Gasteiger partial charge in [0, 0.05) is 4.90 Å². The van der Waals surface area contributed by atoms with Crippen LogP contribution in [0.15, 0.2) is 35.7 Å². The predicted molar refractivity (Wildman–Crippen MR) is 46.2 cm³/mol. The summed E-state index contributed by atoms with van der Waals surface area (Å²) in [5.74, 6) is 0. The first-order valence-electron chi connectivity index (χ1n) is 3.04. The molecule has 0 nitrogen and oxygen atoms in total. The third-order valence-electron chi connectivity index (χ3n) is 1.27. The first kappa shape index (κ1) is 7.42. The lowest BCUT2D eigenvalue weighted by Gasteiger charge is -1.95. The largest absolute Gasteiger partial charge is 0.130 e.